The lowest BCUT2D eigenvalue weighted by Gasteiger charge is -2.01. The minimum atomic E-state index is 0.805. The lowest BCUT2D eigenvalue weighted by Crippen LogP contribution is -2.04. The highest BCUT2D eigenvalue weighted by atomic mass is 15.1. The summed E-state index contributed by atoms with van der Waals surface area (Å²) < 4.78 is 2.07. The van der Waals surface area contributed by atoms with Crippen molar-refractivity contribution in [2.45, 2.75) is 13.5 Å². The molecule has 0 aliphatic rings. The minimum Gasteiger partial charge on any atom is -0.334 e. The number of aromatic nitrogens is 2. The highest BCUT2D eigenvalue weighted by Gasteiger charge is 2.06. The van der Waals surface area contributed by atoms with Crippen LogP contribution in [-0.4, -0.2) is 16.6 Å². The second-order valence-corrected chi connectivity index (χ2v) is 4.06. The molecule has 0 aliphatic carbocycles. The second-order valence-electron chi connectivity index (χ2n) is 4.06. The maximum absolute atomic E-state index is 4.60. The smallest absolute Gasteiger partial charge is 0.140 e. The number of hydrogen-bond donors (Lipinski definition) is 1. The normalized spacial score (nSPS) is 10.7. The van der Waals surface area contributed by atoms with Gasteiger partial charge in [0.2, 0.25) is 0 Å². The Morgan fingerprint density at radius 3 is 2.56 bits per heavy atom. The maximum atomic E-state index is 4.60. The summed E-state index contributed by atoms with van der Waals surface area (Å²) in [4.78, 5) is 4.60. The van der Waals surface area contributed by atoms with E-state index >= 15 is 0 Å². The topological polar surface area (TPSA) is 29.9 Å². The predicted octanol–water partition coefficient (Wildman–Crippen LogP) is 2.11. The number of benzene rings is 1. The van der Waals surface area contributed by atoms with Crippen LogP contribution in [-0.2, 0) is 13.6 Å². The van der Waals surface area contributed by atoms with Gasteiger partial charge in [-0.05, 0) is 14.0 Å². The van der Waals surface area contributed by atoms with Crippen LogP contribution in [0.2, 0.25) is 0 Å². The number of nitrogens with one attached hydrogen (secondary N) is 1. The Kier molecular flexibility index (Phi) is 3.06. The van der Waals surface area contributed by atoms with E-state index in [2.05, 4.69) is 52.3 Å². The Labute approximate surface area is 96.1 Å². The van der Waals surface area contributed by atoms with Gasteiger partial charge < -0.3 is 9.88 Å². The molecule has 0 amide bonds. The first-order valence-corrected chi connectivity index (χ1v) is 5.44. The fraction of sp³-hybridized carbons (Fsp3) is 0.308. The molecule has 1 aromatic carbocycles. The SMILES string of the molecule is CNCc1cn(C)c(-c2ccc(C)cc2)n1. The van der Waals surface area contributed by atoms with Crippen LogP contribution in [0.3, 0.4) is 0 Å². The first-order valence-electron chi connectivity index (χ1n) is 5.44. The third kappa shape index (κ3) is 2.14. The van der Waals surface area contributed by atoms with Gasteiger partial charge in [-0.25, -0.2) is 4.98 Å². The summed E-state index contributed by atoms with van der Waals surface area (Å²) in [5, 5.41) is 3.11. The maximum Gasteiger partial charge on any atom is 0.140 e. The van der Waals surface area contributed by atoms with Crippen LogP contribution < -0.4 is 5.32 Å². The summed E-state index contributed by atoms with van der Waals surface area (Å²) in [6.45, 7) is 2.90. The molecule has 0 fully saturated rings. The van der Waals surface area contributed by atoms with Crippen molar-refractivity contribution < 1.29 is 0 Å². The van der Waals surface area contributed by atoms with Crippen LogP contribution in [0.25, 0.3) is 11.4 Å². The van der Waals surface area contributed by atoms with E-state index in [0.29, 0.717) is 0 Å². The monoisotopic (exact) mass is 215 g/mol. The molecule has 0 spiro atoms. The standard InChI is InChI=1S/C13H17N3/c1-10-4-6-11(7-5-10)13-15-12(8-14-2)9-16(13)3/h4-7,9,14H,8H2,1-3H3. The molecule has 2 aromatic rings. The summed E-state index contributed by atoms with van der Waals surface area (Å²) in [5.41, 5.74) is 3.50. The van der Waals surface area contributed by atoms with Crippen molar-refractivity contribution in [3.8, 4) is 11.4 Å². The summed E-state index contributed by atoms with van der Waals surface area (Å²) in [5.74, 6) is 1.02. The first kappa shape index (κ1) is 10.9. The van der Waals surface area contributed by atoms with E-state index in [1.165, 1.54) is 5.56 Å². The molecule has 0 unspecified atom stereocenters. The van der Waals surface area contributed by atoms with Crippen LogP contribution in [0.1, 0.15) is 11.3 Å². The van der Waals surface area contributed by atoms with Crippen molar-refractivity contribution in [3.05, 3.63) is 41.7 Å². The van der Waals surface area contributed by atoms with Gasteiger partial charge in [-0.2, -0.15) is 0 Å². The third-order valence-corrected chi connectivity index (χ3v) is 2.59. The molecular formula is C13H17N3. The number of nitrogens with zero attached hydrogens (tertiary/aromatic N) is 2. The van der Waals surface area contributed by atoms with Crippen LogP contribution >= 0.6 is 0 Å². The van der Waals surface area contributed by atoms with Crippen molar-refractivity contribution >= 4 is 0 Å². The van der Waals surface area contributed by atoms with Gasteiger partial charge in [-0.1, -0.05) is 29.8 Å². The molecule has 0 atom stereocenters. The Bertz CT molecular complexity index is 468. The van der Waals surface area contributed by atoms with E-state index in [1.807, 2.05) is 14.1 Å². The number of hydrogen-bond acceptors (Lipinski definition) is 2. The Morgan fingerprint density at radius 2 is 1.94 bits per heavy atom. The average molecular weight is 215 g/mol. The Hall–Kier alpha value is -1.61. The quantitative estimate of drug-likeness (QED) is 0.850. The van der Waals surface area contributed by atoms with E-state index in [4.69, 9.17) is 0 Å². The summed E-state index contributed by atoms with van der Waals surface area (Å²) in [6.07, 6.45) is 2.06. The van der Waals surface area contributed by atoms with Gasteiger partial charge in [-0.15, -0.1) is 0 Å². The predicted molar refractivity (Wildman–Crippen MR) is 66.1 cm³/mol. The number of aryl methyl sites for hydroxylation is 2. The summed E-state index contributed by atoms with van der Waals surface area (Å²) >= 11 is 0. The Morgan fingerprint density at radius 1 is 1.25 bits per heavy atom. The molecule has 84 valence electrons. The van der Waals surface area contributed by atoms with Gasteiger partial charge in [0.05, 0.1) is 5.69 Å². The van der Waals surface area contributed by atoms with Crippen LogP contribution in [0, 0.1) is 6.92 Å². The van der Waals surface area contributed by atoms with Gasteiger partial charge in [0.1, 0.15) is 5.82 Å². The zero-order valence-electron chi connectivity index (χ0n) is 9.99. The van der Waals surface area contributed by atoms with Crippen LogP contribution in [0.4, 0.5) is 0 Å². The molecule has 0 bridgehead atoms. The van der Waals surface area contributed by atoms with Crippen molar-refractivity contribution in [1.82, 2.24) is 14.9 Å². The van der Waals surface area contributed by atoms with E-state index in [-0.39, 0.29) is 0 Å². The zero-order chi connectivity index (χ0) is 11.5. The molecule has 1 aromatic heterocycles. The average Bonchev–Trinajstić information content (AvgIpc) is 2.61. The molecule has 2 rings (SSSR count). The van der Waals surface area contributed by atoms with Gasteiger partial charge in [0.15, 0.2) is 0 Å². The fourth-order valence-corrected chi connectivity index (χ4v) is 1.77. The number of rotatable bonds is 3. The fourth-order valence-electron chi connectivity index (χ4n) is 1.77. The molecule has 0 aliphatic heterocycles. The highest BCUT2D eigenvalue weighted by molar-refractivity contribution is 5.56. The molecule has 3 heteroatoms. The first-order chi connectivity index (χ1) is 7.70. The van der Waals surface area contributed by atoms with E-state index < -0.39 is 0 Å². The van der Waals surface area contributed by atoms with Gasteiger partial charge in [-0.3, -0.25) is 0 Å². The zero-order valence-corrected chi connectivity index (χ0v) is 9.99. The molecule has 0 radical (unpaired) electrons. The molecule has 0 saturated carbocycles. The van der Waals surface area contributed by atoms with Crippen LogP contribution in [0.5, 0.6) is 0 Å². The van der Waals surface area contributed by atoms with Crippen molar-refractivity contribution in [2.75, 3.05) is 7.05 Å². The molecule has 16 heavy (non-hydrogen) atoms. The summed E-state index contributed by atoms with van der Waals surface area (Å²) in [7, 11) is 3.96. The van der Waals surface area contributed by atoms with Crippen molar-refractivity contribution in [1.29, 1.82) is 0 Å². The van der Waals surface area contributed by atoms with Crippen LogP contribution in [0.15, 0.2) is 30.5 Å². The lowest BCUT2D eigenvalue weighted by molar-refractivity contribution is 0.795. The molecule has 1 N–H and O–H groups in total. The van der Waals surface area contributed by atoms with Gasteiger partial charge in [0.25, 0.3) is 0 Å². The van der Waals surface area contributed by atoms with Gasteiger partial charge in [0, 0.05) is 25.4 Å². The van der Waals surface area contributed by atoms with E-state index in [0.717, 1.165) is 23.6 Å². The third-order valence-electron chi connectivity index (χ3n) is 2.59. The number of imidazole rings is 1. The molecule has 3 nitrogen and oxygen atoms in total. The highest BCUT2D eigenvalue weighted by Crippen LogP contribution is 2.18. The van der Waals surface area contributed by atoms with E-state index in [9.17, 15) is 0 Å². The molecule has 0 saturated heterocycles. The summed E-state index contributed by atoms with van der Waals surface area (Å²) in [6, 6.07) is 8.45. The minimum absolute atomic E-state index is 0.805. The van der Waals surface area contributed by atoms with E-state index in [1.54, 1.807) is 0 Å². The van der Waals surface area contributed by atoms with Crippen molar-refractivity contribution in [2.24, 2.45) is 7.05 Å². The lowest BCUT2D eigenvalue weighted by atomic mass is 10.1. The second kappa shape index (κ2) is 4.49. The Balaban J connectivity index is 2.36. The van der Waals surface area contributed by atoms with Gasteiger partial charge >= 0.3 is 0 Å². The largest absolute Gasteiger partial charge is 0.334 e. The van der Waals surface area contributed by atoms with Crippen molar-refractivity contribution in [3.63, 3.8) is 0 Å². The molecular weight excluding hydrogens is 198 g/mol. The molecule has 1 heterocycles.